The molecule has 0 aliphatic carbocycles. The first-order chi connectivity index (χ1) is 6.61. The lowest BCUT2D eigenvalue weighted by Crippen LogP contribution is -2.43. The highest BCUT2D eigenvalue weighted by molar-refractivity contribution is 5.88. The third kappa shape index (κ3) is 3.10. The Morgan fingerprint density at radius 2 is 2.21 bits per heavy atom. The van der Waals surface area contributed by atoms with Gasteiger partial charge in [0.15, 0.2) is 5.78 Å². The molecule has 1 N–H and O–H groups in total. The zero-order valence-electron chi connectivity index (χ0n) is 8.71. The molecule has 0 aromatic rings. The summed E-state index contributed by atoms with van der Waals surface area (Å²) in [4.78, 5) is 22.5. The van der Waals surface area contributed by atoms with Crippen LogP contribution in [0, 0.1) is 5.92 Å². The molecule has 1 fully saturated rings. The number of nitrogens with one attached hydrogen (secondary N) is 1. The van der Waals surface area contributed by atoms with Crippen LogP contribution in [0.4, 0.5) is 0 Å². The van der Waals surface area contributed by atoms with Crippen molar-refractivity contribution in [1.82, 2.24) is 5.32 Å². The Bertz CT molecular complexity index is 221. The van der Waals surface area contributed by atoms with Gasteiger partial charge < -0.3 is 10.1 Å². The topological polar surface area (TPSA) is 55.4 Å². The maximum Gasteiger partial charge on any atom is 0.226 e. The highest BCUT2D eigenvalue weighted by Crippen LogP contribution is 2.13. The van der Waals surface area contributed by atoms with E-state index in [0.717, 1.165) is 19.4 Å². The SMILES string of the molecule is CC(=O)C(C)NC(=O)C1CCCOC1. The van der Waals surface area contributed by atoms with Crippen LogP contribution in [0.3, 0.4) is 0 Å². The number of ether oxygens (including phenoxy) is 1. The van der Waals surface area contributed by atoms with Gasteiger partial charge in [0, 0.05) is 6.61 Å². The van der Waals surface area contributed by atoms with Crippen molar-refractivity contribution in [3.05, 3.63) is 0 Å². The van der Waals surface area contributed by atoms with Gasteiger partial charge in [-0.05, 0) is 26.7 Å². The smallest absolute Gasteiger partial charge is 0.226 e. The largest absolute Gasteiger partial charge is 0.381 e. The summed E-state index contributed by atoms with van der Waals surface area (Å²) in [5, 5.41) is 2.68. The monoisotopic (exact) mass is 199 g/mol. The Balaban J connectivity index is 2.36. The lowest BCUT2D eigenvalue weighted by molar-refractivity contribution is -0.132. The molecular weight excluding hydrogens is 182 g/mol. The summed E-state index contributed by atoms with van der Waals surface area (Å²) in [5.74, 6) is -0.159. The van der Waals surface area contributed by atoms with Crippen LogP contribution in [-0.2, 0) is 14.3 Å². The zero-order chi connectivity index (χ0) is 10.6. The first-order valence-corrected chi connectivity index (χ1v) is 5.00. The lowest BCUT2D eigenvalue weighted by Gasteiger charge is -2.22. The number of hydrogen-bond donors (Lipinski definition) is 1. The van der Waals surface area contributed by atoms with Crippen LogP contribution in [0.1, 0.15) is 26.7 Å². The minimum absolute atomic E-state index is 0.0184. The van der Waals surface area contributed by atoms with E-state index in [2.05, 4.69) is 5.32 Å². The maximum absolute atomic E-state index is 11.6. The molecule has 2 atom stereocenters. The van der Waals surface area contributed by atoms with Crippen molar-refractivity contribution in [3.8, 4) is 0 Å². The van der Waals surface area contributed by atoms with Gasteiger partial charge >= 0.3 is 0 Å². The molecule has 0 bridgehead atoms. The van der Waals surface area contributed by atoms with Crippen molar-refractivity contribution in [1.29, 1.82) is 0 Å². The highest BCUT2D eigenvalue weighted by Gasteiger charge is 2.23. The Labute approximate surface area is 84.0 Å². The molecule has 2 unspecified atom stereocenters. The Morgan fingerprint density at radius 1 is 1.50 bits per heavy atom. The van der Waals surface area contributed by atoms with Crippen molar-refractivity contribution >= 4 is 11.7 Å². The fourth-order valence-electron chi connectivity index (χ4n) is 1.38. The molecule has 1 rings (SSSR count). The van der Waals surface area contributed by atoms with Crippen molar-refractivity contribution in [2.45, 2.75) is 32.7 Å². The van der Waals surface area contributed by atoms with E-state index in [1.807, 2.05) is 0 Å². The van der Waals surface area contributed by atoms with Gasteiger partial charge in [0.1, 0.15) is 0 Å². The second kappa shape index (κ2) is 5.10. The molecule has 1 saturated heterocycles. The maximum atomic E-state index is 11.6. The molecule has 1 aliphatic heterocycles. The van der Waals surface area contributed by atoms with Gasteiger partial charge in [-0.25, -0.2) is 0 Å². The summed E-state index contributed by atoms with van der Waals surface area (Å²) in [6.45, 7) is 4.40. The van der Waals surface area contributed by atoms with E-state index in [4.69, 9.17) is 4.74 Å². The number of carbonyl (C=O) groups is 2. The molecule has 0 spiro atoms. The summed E-state index contributed by atoms with van der Waals surface area (Å²) in [6, 6.07) is -0.385. The van der Waals surface area contributed by atoms with Crippen molar-refractivity contribution < 1.29 is 14.3 Å². The molecule has 1 aliphatic rings. The van der Waals surface area contributed by atoms with Crippen LogP contribution in [0.25, 0.3) is 0 Å². The predicted molar refractivity (Wildman–Crippen MR) is 51.8 cm³/mol. The van der Waals surface area contributed by atoms with Crippen LogP contribution in [0.5, 0.6) is 0 Å². The molecule has 1 amide bonds. The quantitative estimate of drug-likeness (QED) is 0.720. The number of Topliss-reactive ketones (excluding diaryl/α,β-unsaturated/α-hetero) is 1. The number of amides is 1. The van der Waals surface area contributed by atoms with Crippen LogP contribution in [0.2, 0.25) is 0 Å². The molecular formula is C10H17NO3. The molecule has 80 valence electrons. The standard InChI is InChI=1S/C10H17NO3/c1-7(8(2)12)11-10(13)9-4-3-5-14-6-9/h7,9H,3-6H2,1-2H3,(H,11,13). The van der Waals surface area contributed by atoms with E-state index in [-0.39, 0.29) is 23.7 Å². The molecule has 0 radical (unpaired) electrons. The van der Waals surface area contributed by atoms with Gasteiger partial charge in [0.2, 0.25) is 5.91 Å². The van der Waals surface area contributed by atoms with Gasteiger partial charge in [-0.2, -0.15) is 0 Å². The Hall–Kier alpha value is -0.900. The second-order valence-electron chi connectivity index (χ2n) is 3.75. The average Bonchev–Trinajstić information content (AvgIpc) is 2.19. The fourth-order valence-corrected chi connectivity index (χ4v) is 1.38. The summed E-state index contributed by atoms with van der Waals surface area (Å²) in [7, 11) is 0. The van der Waals surface area contributed by atoms with E-state index in [1.165, 1.54) is 6.92 Å². The van der Waals surface area contributed by atoms with Gasteiger partial charge in [-0.3, -0.25) is 9.59 Å². The number of carbonyl (C=O) groups excluding carboxylic acids is 2. The van der Waals surface area contributed by atoms with Crippen molar-refractivity contribution in [2.24, 2.45) is 5.92 Å². The third-order valence-electron chi connectivity index (χ3n) is 2.50. The average molecular weight is 199 g/mol. The fraction of sp³-hybridized carbons (Fsp3) is 0.800. The lowest BCUT2D eigenvalue weighted by atomic mass is 10.0. The summed E-state index contributed by atoms with van der Waals surface area (Å²) in [6.07, 6.45) is 1.78. The number of ketones is 1. The molecule has 14 heavy (non-hydrogen) atoms. The summed E-state index contributed by atoms with van der Waals surface area (Å²) in [5.41, 5.74) is 0. The predicted octanol–water partition coefficient (Wildman–Crippen LogP) is 0.507. The minimum Gasteiger partial charge on any atom is -0.381 e. The van der Waals surface area contributed by atoms with Gasteiger partial charge in [0.05, 0.1) is 18.6 Å². The first kappa shape index (κ1) is 11.2. The second-order valence-corrected chi connectivity index (χ2v) is 3.75. The van der Waals surface area contributed by atoms with Gasteiger partial charge in [0.25, 0.3) is 0 Å². The molecule has 0 aromatic heterocycles. The first-order valence-electron chi connectivity index (χ1n) is 5.00. The van der Waals surface area contributed by atoms with Crippen LogP contribution in [0.15, 0.2) is 0 Å². The highest BCUT2D eigenvalue weighted by atomic mass is 16.5. The van der Waals surface area contributed by atoms with E-state index in [0.29, 0.717) is 6.61 Å². The summed E-state index contributed by atoms with van der Waals surface area (Å²) < 4.78 is 5.20. The molecule has 4 heteroatoms. The third-order valence-corrected chi connectivity index (χ3v) is 2.50. The minimum atomic E-state index is -0.385. The van der Waals surface area contributed by atoms with Gasteiger partial charge in [-0.1, -0.05) is 0 Å². The normalized spacial score (nSPS) is 24.0. The van der Waals surface area contributed by atoms with Crippen molar-refractivity contribution in [3.63, 3.8) is 0 Å². The van der Waals surface area contributed by atoms with E-state index < -0.39 is 0 Å². The van der Waals surface area contributed by atoms with Gasteiger partial charge in [-0.15, -0.1) is 0 Å². The summed E-state index contributed by atoms with van der Waals surface area (Å²) >= 11 is 0. The van der Waals surface area contributed by atoms with Crippen LogP contribution >= 0.6 is 0 Å². The van der Waals surface area contributed by atoms with E-state index in [9.17, 15) is 9.59 Å². The van der Waals surface area contributed by atoms with Crippen LogP contribution in [-0.4, -0.2) is 30.9 Å². The van der Waals surface area contributed by atoms with Crippen molar-refractivity contribution in [2.75, 3.05) is 13.2 Å². The molecule has 0 saturated carbocycles. The van der Waals surface area contributed by atoms with E-state index >= 15 is 0 Å². The molecule has 1 heterocycles. The molecule has 0 aromatic carbocycles. The number of hydrogen-bond acceptors (Lipinski definition) is 3. The molecule has 4 nitrogen and oxygen atoms in total. The van der Waals surface area contributed by atoms with E-state index in [1.54, 1.807) is 6.92 Å². The Kier molecular flexibility index (Phi) is 4.07. The Morgan fingerprint density at radius 3 is 2.71 bits per heavy atom. The number of rotatable bonds is 3. The van der Waals surface area contributed by atoms with Crippen LogP contribution < -0.4 is 5.32 Å². The zero-order valence-corrected chi connectivity index (χ0v) is 8.71.